The maximum atomic E-state index is 13.1. The second kappa shape index (κ2) is 12.4. The van der Waals surface area contributed by atoms with Gasteiger partial charge in [0.05, 0.1) is 43.2 Å². The molecule has 45 heavy (non-hydrogen) atoms. The number of aliphatic hydroxyl groups is 1. The van der Waals surface area contributed by atoms with Crippen LogP contribution in [0.5, 0.6) is 0 Å². The number of esters is 2. The van der Waals surface area contributed by atoms with Crippen molar-refractivity contribution in [2.24, 2.45) is 0 Å². The molecule has 7 rings (SSSR count). The minimum atomic E-state index is -0.766. The number of hydrogen-bond acceptors (Lipinski definition) is 10. The third kappa shape index (κ3) is 6.28. The highest BCUT2D eigenvalue weighted by Gasteiger charge is 2.41. The Morgan fingerprint density at radius 1 is 0.889 bits per heavy atom. The van der Waals surface area contributed by atoms with Crippen LogP contribution in [0.2, 0.25) is 0 Å². The fourth-order valence-corrected chi connectivity index (χ4v) is 6.38. The Morgan fingerprint density at radius 2 is 1.64 bits per heavy atom. The summed E-state index contributed by atoms with van der Waals surface area (Å²) in [5.74, 6) is -2.37. The summed E-state index contributed by atoms with van der Waals surface area (Å²) in [5, 5.41) is 12.4. The Bertz CT molecular complexity index is 1590. The fraction of sp³-hybridized carbons (Fsp3) is 0.382. The lowest BCUT2D eigenvalue weighted by atomic mass is 9.98. The average molecular weight is 615 g/mol. The standard InChI is InChI=1S/C34H34N2O9/c37-20-21-4-6-22(7-5-21)29-18-26(19-36-12-10-34(11-13-36)41-14-15-42-34)43-33(44-29)24-2-1-3-25(16-24)35-30(38)23-8-9-27-28(17-23)32(40)45-31(27)39/h1-9,16-17,26,29,33,37H,10-15,18-20H2,(H,35,38)/t26-,29+,33?/m0/s1. The van der Waals surface area contributed by atoms with Gasteiger partial charge in [-0.25, -0.2) is 9.59 Å². The maximum absolute atomic E-state index is 13.1. The number of nitrogens with one attached hydrogen (secondary N) is 1. The molecule has 1 unspecified atom stereocenters. The molecule has 234 valence electrons. The zero-order valence-electron chi connectivity index (χ0n) is 24.6. The molecule has 3 aromatic rings. The first-order valence-corrected chi connectivity index (χ1v) is 15.2. The van der Waals surface area contributed by atoms with Crippen LogP contribution in [0.1, 0.15) is 79.4 Å². The Labute approximate surface area is 260 Å². The van der Waals surface area contributed by atoms with Crippen LogP contribution in [0.15, 0.2) is 66.7 Å². The van der Waals surface area contributed by atoms with Gasteiger partial charge in [-0.3, -0.25) is 4.79 Å². The first kappa shape index (κ1) is 29.7. The summed E-state index contributed by atoms with van der Waals surface area (Å²) in [6.07, 6.45) is 1.22. The zero-order chi connectivity index (χ0) is 31.0. The van der Waals surface area contributed by atoms with Gasteiger partial charge in [0.1, 0.15) is 0 Å². The van der Waals surface area contributed by atoms with Gasteiger partial charge in [-0.05, 0) is 41.5 Å². The van der Waals surface area contributed by atoms with Crippen molar-refractivity contribution < 1.29 is 43.2 Å². The van der Waals surface area contributed by atoms with Crippen LogP contribution in [-0.4, -0.2) is 72.6 Å². The third-order valence-corrected chi connectivity index (χ3v) is 8.83. The van der Waals surface area contributed by atoms with Gasteiger partial charge < -0.3 is 39.0 Å². The lowest BCUT2D eigenvalue weighted by Crippen LogP contribution is -2.48. The fourth-order valence-electron chi connectivity index (χ4n) is 6.38. The van der Waals surface area contributed by atoms with E-state index in [1.54, 1.807) is 12.1 Å². The molecule has 4 heterocycles. The molecule has 3 saturated heterocycles. The molecule has 11 heteroatoms. The molecule has 0 aromatic heterocycles. The molecule has 1 amide bonds. The second-order valence-corrected chi connectivity index (χ2v) is 11.8. The third-order valence-electron chi connectivity index (χ3n) is 8.83. The Hall–Kier alpha value is -3.97. The van der Waals surface area contributed by atoms with E-state index in [1.807, 2.05) is 36.4 Å². The van der Waals surface area contributed by atoms with Crippen molar-refractivity contribution in [2.75, 3.05) is 38.2 Å². The smallest absolute Gasteiger partial charge is 0.346 e. The number of benzene rings is 3. The van der Waals surface area contributed by atoms with Crippen molar-refractivity contribution in [3.8, 4) is 0 Å². The number of aliphatic hydroxyl groups excluding tert-OH is 1. The SMILES string of the molecule is O=C(Nc1cccc(C2O[C@H](CN3CCC4(CC3)OCCO4)C[C@H](c3ccc(CO)cc3)O2)c1)c1ccc2c(c1)C(=O)OC2=O. The average Bonchev–Trinajstić information content (AvgIpc) is 3.65. The summed E-state index contributed by atoms with van der Waals surface area (Å²) in [6, 6.07) is 19.3. The van der Waals surface area contributed by atoms with Gasteiger partial charge in [-0.15, -0.1) is 0 Å². The Morgan fingerprint density at radius 3 is 2.40 bits per heavy atom. The molecular weight excluding hydrogens is 580 g/mol. The van der Waals surface area contributed by atoms with Crippen molar-refractivity contribution in [3.63, 3.8) is 0 Å². The van der Waals surface area contributed by atoms with Crippen LogP contribution in [0.4, 0.5) is 5.69 Å². The van der Waals surface area contributed by atoms with Crippen molar-refractivity contribution in [1.29, 1.82) is 0 Å². The van der Waals surface area contributed by atoms with E-state index in [1.165, 1.54) is 18.2 Å². The van der Waals surface area contributed by atoms with E-state index in [0.29, 0.717) is 25.3 Å². The molecular formula is C34H34N2O9. The molecule has 4 aliphatic heterocycles. The number of ether oxygens (including phenoxy) is 5. The summed E-state index contributed by atoms with van der Waals surface area (Å²) in [6.45, 7) is 3.67. The van der Waals surface area contributed by atoms with E-state index in [9.17, 15) is 19.5 Å². The van der Waals surface area contributed by atoms with Crippen molar-refractivity contribution in [3.05, 3.63) is 100 Å². The maximum Gasteiger partial charge on any atom is 0.346 e. The second-order valence-electron chi connectivity index (χ2n) is 11.8. The van der Waals surface area contributed by atoms with Crippen molar-refractivity contribution >= 4 is 23.5 Å². The Kier molecular flexibility index (Phi) is 8.21. The van der Waals surface area contributed by atoms with Crippen LogP contribution in [0.3, 0.4) is 0 Å². The molecule has 4 aliphatic rings. The quantitative estimate of drug-likeness (QED) is 0.296. The van der Waals surface area contributed by atoms with Gasteiger partial charge >= 0.3 is 11.9 Å². The predicted octanol–water partition coefficient (Wildman–Crippen LogP) is 4.13. The van der Waals surface area contributed by atoms with Gasteiger partial charge in [0.25, 0.3) is 5.91 Å². The highest BCUT2D eigenvalue weighted by atomic mass is 16.7. The van der Waals surface area contributed by atoms with Crippen LogP contribution in [-0.2, 0) is 30.3 Å². The lowest BCUT2D eigenvalue weighted by Gasteiger charge is -2.41. The van der Waals surface area contributed by atoms with E-state index in [4.69, 9.17) is 18.9 Å². The topological polar surface area (TPSA) is 133 Å². The molecule has 0 radical (unpaired) electrons. The summed E-state index contributed by atoms with van der Waals surface area (Å²) in [4.78, 5) is 39.2. The van der Waals surface area contributed by atoms with Gasteiger partial charge in [-0.1, -0.05) is 36.4 Å². The number of amides is 1. The first-order valence-electron chi connectivity index (χ1n) is 15.2. The predicted molar refractivity (Wildman–Crippen MR) is 159 cm³/mol. The molecule has 2 N–H and O–H groups in total. The number of likely N-dealkylation sites (tertiary alicyclic amines) is 1. The van der Waals surface area contributed by atoms with E-state index >= 15 is 0 Å². The van der Waals surface area contributed by atoms with E-state index < -0.39 is 29.9 Å². The molecule has 11 nitrogen and oxygen atoms in total. The van der Waals surface area contributed by atoms with Crippen LogP contribution in [0.25, 0.3) is 0 Å². The largest absolute Gasteiger partial charge is 0.392 e. The number of carbonyl (C=O) groups excluding carboxylic acids is 3. The molecule has 0 saturated carbocycles. The van der Waals surface area contributed by atoms with Crippen LogP contribution >= 0.6 is 0 Å². The molecule has 1 spiro atoms. The minimum absolute atomic E-state index is 0.0315. The van der Waals surface area contributed by atoms with Crippen LogP contribution < -0.4 is 5.32 Å². The summed E-state index contributed by atoms with van der Waals surface area (Å²) >= 11 is 0. The summed E-state index contributed by atoms with van der Waals surface area (Å²) in [5.41, 5.74) is 3.52. The highest BCUT2D eigenvalue weighted by molar-refractivity contribution is 6.16. The number of rotatable bonds is 7. The summed E-state index contributed by atoms with van der Waals surface area (Å²) in [7, 11) is 0. The van der Waals surface area contributed by atoms with Crippen molar-refractivity contribution in [1.82, 2.24) is 4.90 Å². The monoisotopic (exact) mass is 614 g/mol. The Balaban J connectivity index is 1.08. The number of carbonyl (C=O) groups is 3. The van der Waals surface area contributed by atoms with Gasteiger partial charge in [-0.2, -0.15) is 0 Å². The van der Waals surface area contributed by atoms with E-state index in [-0.39, 0.29) is 35.5 Å². The number of nitrogens with zero attached hydrogens (tertiary/aromatic N) is 1. The number of fused-ring (bicyclic) bond motifs is 1. The molecule has 0 aliphatic carbocycles. The normalized spacial score (nSPS) is 24.4. The zero-order valence-corrected chi connectivity index (χ0v) is 24.6. The van der Waals surface area contributed by atoms with Gasteiger partial charge in [0.2, 0.25) is 0 Å². The lowest BCUT2D eigenvalue weighted by molar-refractivity contribution is -0.255. The van der Waals surface area contributed by atoms with Crippen molar-refractivity contribution in [2.45, 2.75) is 50.2 Å². The van der Waals surface area contributed by atoms with Gasteiger partial charge in [0.15, 0.2) is 12.1 Å². The highest BCUT2D eigenvalue weighted by Crippen LogP contribution is 2.39. The summed E-state index contributed by atoms with van der Waals surface area (Å²) < 4.78 is 29.5. The number of anilines is 1. The number of cyclic esters (lactones) is 2. The molecule has 0 bridgehead atoms. The van der Waals surface area contributed by atoms with E-state index in [0.717, 1.165) is 49.2 Å². The molecule has 3 aromatic carbocycles. The number of hydrogen-bond donors (Lipinski definition) is 2. The minimum Gasteiger partial charge on any atom is -0.392 e. The molecule has 3 fully saturated rings. The van der Waals surface area contributed by atoms with E-state index in [2.05, 4.69) is 15.0 Å². The first-order chi connectivity index (χ1) is 21.9. The van der Waals surface area contributed by atoms with Gasteiger partial charge in [0, 0.05) is 55.7 Å². The number of piperidine rings is 1. The molecule has 3 atom stereocenters. The van der Waals surface area contributed by atoms with Crippen LogP contribution in [0, 0.1) is 0 Å².